The van der Waals surface area contributed by atoms with Gasteiger partial charge in [0, 0.05) is 43.1 Å². The van der Waals surface area contributed by atoms with Crippen molar-refractivity contribution in [2.75, 3.05) is 39.2 Å². The van der Waals surface area contributed by atoms with Gasteiger partial charge in [-0.15, -0.1) is 0 Å². The number of ether oxygens (including phenoxy) is 4. The number of amides is 2. The molecule has 4 unspecified atom stereocenters. The summed E-state index contributed by atoms with van der Waals surface area (Å²) in [5.41, 5.74) is 6.50. The van der Waals surface area contributed by atoms with Crippen molar-refractivity contribution >= 4 is 23.7 Å². The summed E-state index contributed by atoms with van der Waals surface area (Å²) >= 11 is 0. The number of nitrogens with zero attached hydrogens (tertiary/aromatic N) is 3. The van der Waals surface area contributed by atoms with Crippen molar-refractivity contribution in [3.63, 3.8) is 0 Å². The highest BCUT2D eigenvalue weighted by Gasteiger charge is 2.41. The van der Waals surface area contributed by atoms with Crippen molar-refractivity contribution in [2.45, 2.75) is 83.6 Å². The second-order valence-corrected chi connectivity index (χ2v) is 16.8. The molecule has 0 spiro atoms. The van der Waals surface area contributed by atoms with E-state index in [1.54, 1.807) is 31.4 Å². The average molecular weight is 867 g/mol. The molecule has 1 fully saturated rings. The zero-order valence-electron chi connectivity index (χ0n) is 37.4. The first-order valence-corrected chi connectivity index (χ1v) is 22.6. The van der Waals surface area contributed by atoms with E-state index in [9.17, 15) is 14.7 Å². The van der Waals surface area contributed by atoms with Crippen LogP contribution >= 0.6 is 0 Å². The molecule has 336 valence electrons. The summed E-state index contributed by atoms with van der Waals surface area (Å²) in [4.78, 5) is 27.4. The van der Waals surface area contributed by atoms with Gasteiger partial charge in [0.05, 0.1) is 38.3 Å². The highest BCUT2D eigenvalue weighted by atomic mass is 16.5. The second kappa shape index (κ2) is 23.0. The van der Waals surface area contributed by atoms with Crippen LogP contribution in [0.5, 0.6) is 23.0 Å². The zero-order valence-corrected chi connectivity index (χ0v) is 37.4. The van der Waals surface area contributed by atoms with Gasteiger partial charge in [-0.3, -0.25) is 14.5 Å². The number of nitrogens with one attached hydrogen (secondary N) is 1. The van der Waals surface area contributed by atoms with Crippen LogP contribution in [0, 0.1) is 11.8 Å². The van der Waals surface area contributed by atoms with E-state index in [2.05, 4.69) is 41.4 Å². The number of anilines is 1. The summed E-state index contributed by atoms with van der Waals surface area (Å²) in [6, 6.07) is 39.9. The van der Waals surface area contributed by atoms with Crippen molar-refractivity contribution in [1.29, 1.82) is 0 Å². The Kier molecular flexibility index (Phi) is 16.4. The molecule has 1 aliphatic carbocycles. The van der Waals surface area contributed by atoms with Crippen LogP contribution in [0.2, 0.25) is 0 Å². The number of hydrazone groups is 1. The molecule has 1 heterocycles. The number of benzene rings is 5. The highest BCUT2D eigenvalue weighted by molar-refractivity contribution is 6.07. The number of rotatable bonds is 23. The van der Waals surface area contributed by atoms with Crippen molar-refractivity contribution in [2.24, 2.45) is 16.9 Å². The van der Waals surface area contributed by atoms with Crippen molar-refractivity contribution in [3.05, 3.63) is 149 Å². The summed E-state index contributed by atoms with van der Waals surface area (Å²) in [6.07, 6.45) is 7.26. The van der Waals surface area contributed by atoms with E-state index in [4.69, 9.17) is 24.0 Å². The number of methoxy groups -OCH3 is 2. The van der Waals surface area contributed by atoms with E-state index < -0.39 is 6.10 Å². The summed E-state index contributed by atoms with van der Waals surface area (Å²) in [5.74, 6) is 2.94. The lowest BCUT2D eigenvalue weighted by Crippen LogP contribution is -2.46. The van der Waals surface area contributed by atoms with Crippen LogP contribution < -0.4 is 24.3 Å². The molecule has 2 N–H and O–H groups in total. The van der Waals surface area contributed by atoms with Gasteiger partial charge in [-0.05, 0) is 110 Å². The Labute approximate surface area is 378 Å². The van der Waals surface area contributed by atoms with Crippen LogP contribution in [-0.4, -0.2) is 73.0 Å². The van der Waals surface area contributed by atoms with Gasteiger partial charge < -0.3 is 29.4 Å². The van der Waals surface area contributed by atoms with E-state index in [0.29, 0.717) is 67.8 Å². The molecule has 64 heavy (non-hydrogen) atoms. The molecule has 2 aliphatic rings. The lowest BCUT2D eigenvalue weighted by molar-refractivity contribution is -0.139. The lowest BCUT2D eigenvalue weighted by atomic mass is 9.73. The number of carbonyl (C=O) groups is 2. The van der Waals surface area contributed by atoms with Gasteiger partial charge >= 0.3 is 0 Å². The minimum absolute atomic E-state index is 0.0295. The Balaban J connectivity index is 0.910. The molecule has 1 saturated carbocycles. The van der Waals surface area contributed by atoms with Crippen LogP contribution in [0.3, 0.4) is 0 Å². The maximum atomic E-state index is 13.6. The zero-order chi connectivity index (χ0) is 44.7. The average Bonchev–Trinajstić information content (AvgIpc) is 3.33. The topological polar surface area (TPSA) is 122 Å². The van der Waals surface area contributed by atoms with Crippen LogP contribution in [0.1, 0.15) is 85.8 Å². The maximum absolute atomic E-state index is 13.6. The molecule has 0 radical (unpaired) electrons. The van der Waals surface area contributed by atoms with Crippen molar-refractivity contribution in [1.82, 2.24) is 9.91 Å². The Hall–Kier alpha value is -6.17. The summed E-state index contributed by atoms with van der Waals surface area (Å²) in [7, 11) is 3.27. The Bertz CT molecular complexity index is 2290. The fourth-order valence-corrected chi connectivity index (χ4v) is 8.89. The molecule has 4 atom stereocenters. The Morgan fingerprint density at radius 1 is 0.781 bits per heavy atom. The Morgan fingerprint density at radius 3 is 2.20 bits per heavy atom. The van der Waals surface area contributed by atoms with Gasteiger partial charge in [0.2, 0.25) is 12.3 Å². The number of unbranched alkanes of at least 4 members (excludes halogenated alkanes) is 2. The number of hydrogen-bond acceptors (Lipinski definition) is 9. The molecule has 5 aromatic carbocycles. The van der Waals surface area contributed by atoms with Gasteiger partial charge in [0.1, 0.15) is 18.1 Å². The molecule has 0 aromatic heterocycles. The number of carbonyl (C=O) groups excluding carboxylic acids is 2. The smallest absolute Gasteiger partial charge is 0.246 e. The van der Waals surface area contributed by atoms with E-state index >= 15 is 0 Å². The highest BCUT2D eigenvalue weighted by Crippen LogP contribution is 2.39. The van der Waals surface area contributed by atoms with Crippen LogP contribution in [0.15, 0.2) is 126 Å². The number of hydrogen-bond donors (Lipinski definition) is 2. The van der Waals surface area contributed by atoms with Gasteiger partial charge in [-0.25, -0.2) is 5.01 Å². The first-order chi connectivity index (χ1) is 31.3. The van der Waals surface area contributed by atoms with Gasteiger partial charge in [-0.2, -0.15) is 5.10 Å². The number of aliphatic hydroxyl groups is 1. The molecule has 1 aliphatic heterocycles. The number of aliphatic hydroxyl groups excluding tert-OH is 1. The first-order valence-electron chi connectivity index (χ1n) is 22.6. The first kappa shape index (κ1) is 45.8. The fourth-order valence-electron chi connectivity index (χ4n) is 8.89. The van der Waals surface area contributed by atoms with Crippen LogP contribution in [0.4, 0.5) is 5.69 Å². The molecule has 11 heteroatoms. The third-order valence-corrected chi connectivity index (χ3v) is 12.4. The van der Waals surface area contributed by atoms with E-state index in [1.807, 2.05) is 84.9 Å². The normalized spacial score (nSPS) is 16.9. The molecule has 7 rings (SSSR count). The molecular formula is C53H62N4O7. The van der Waals surface area contributed by atoms with E-state index in [0.717, 1.165) is 79.5 Å². The van der Waals surface area contributed by atoms with Crippen molar-refractivity contribution < 1.29 is 33.6 Å². The fraction of sp³-hybridized carbons (Fsp3) is 0.377. The molecule has 11 nitrogen and oxygen atoms in total. The Morgan fingerprint density at radius 2 is 1.48 bits per heavy atom. The largest absolute Gasteiger partial charge is 0.494 e. The lowest BCUT2D eigenvalue weighted by Gasteiger charge is -2.38. The second-order valence-electron chi connectivity index (χ2n) is 16.8. The third-order valence-electron chi connectivity index (χ3n) is 12.4. The molecular weight excluding hydrogens is 805 g/mol. The van der Waals surface area contributed by atoms with Gasteiger partial charge in [0.15, 0.2) is 11.5 Å². The predicted molar refractivity (Wildman–Crippen MR) is 251 cm³/mol. The van der Waals surface area contributed by atoms with Crippen molar-refractivity contribution in [3.8, 4) is 23.0 Å². The minimum atomic E-state index is -0.809. The third kappa shape index (κ3) is 12.1. The van der Waals surface area contributed by atoms with E-state index in [-0.39, 0.29) is 23.8 Å². The summed E-state index contributed by atoms with van der Waals surface area (Å²) in [5, 5.41) is 21.0. The maximum Gasteiger partial charge on any atom is 0.246 e. The summed E-state index contributed by atoms with van der Waals surface area (Å²) in [6.45, 7) is 4.77. The monoisotopic (exact) mass is 866 g/mol. The molecule has 0 saturated heterocycles. The minimum Gasteiger partial charge on any atom is -0.494 e. The summed E-state index contributed by atoms with van der Waals surface area (Å²) < 4.78 is 23.3. The standard InChI is InChI=1S/C53H62N4O7/c1-38(56(34-40-15-7-4-8-16-40)35-48(59)42-23-27-49(47(32-42)54-37-58)64-36-41-17-9-5-10-18-41)31-39-21-25-44(26-22-39)63-30-14-6-13-29-57-53(60)46-20-12-11-19-45(46)52(55-57)43-24-28-50(61-2)51(33-43)62-3/h4-5,7-10,15-18,21-28,32-33,37-38,45-46,48,59H,6,11-14,19-20,29-31,34-36H2,1-3H3,(H,54,58). The van der Waals surface area contributed by atoms with Crippen LogP contribution in [-0.2, 0) is 29.2 Å². The molecule has 0 bridgehead atoms. The van der Waals surface area contributed by atoms with Gasteiger partial charge in [-0.1, -0.05) is 91.7 Å². The molecule has 2 amide bonds. The predicted octanol–water partition coefficient (Wildman–Crippen LogP) is 9.62. The quantitative estimate of drug-likeness (QED) is 0.0492. The molecule has 5 aromatic rings. The van der Waals surface area contributed by atoms with Gasteiger partial charge in [0.25, 0.3) is 0 Å². The SMILES string of the molecule is COc1ccc(C2=NN(CCCCCOc3ccc(CC(C)N(Cc4ccccc4)CC(O)c4ccc(OCc5ccccc5)c(NC=O)c4)cc3)C(=O)C3CCCCC23)cc1OC. The van der Waals surface area contributed by atoms with E-state index in [1.165, 1.54) is 5.56 Å². The number of fused-ring (bicyclic) bond motifs is 1. The van der Waals surface area contributed by atoms with Crippen LogP contribution in [0.25, 0.3) is 0 Å².